The molecule has 2 heterocycles. The van der Waals surface area contributed by atoms with Crippen LogP contribution < -0.4 is 4.87 Å². The van der Waals surface area contributed by atoms with Crippen molar-refractivity contribution in [1.29, 1.82) is 0 Å². The van der Waals surface area contributed by atoms with Crippen molar-refractivity contribution in [3.05, 3.63) is 27.9 Å². The lowest BCUT2D eigenvalue weighted by atomic mass is 10.3. The molecule has 0 spiro atoms. The Morgan fingerprint density at radius 3 is 2.52 bits per heavy atom. The third kappa shape index (κ3) is 3.93. The summed E-state index contributed by atoms with van der Waals surface area (Å²) < 4.78 is 34.0. The standard InChI is InChI=1S/C17H23N3O5S2/c1-3-19(4-2)27(23,24)13-5-6-14-15(11-13)26-17(22)20(14)12-16(21)18-7-9-25-10-8-18/h5-6,11H,3-4,7-10,12H2,1-2H3. The van der Waals surface area contributed by atoms with Crippen LogP contribution in [0, 0.1) is 0 Å². The van der Waals surface area contributed by atoms with Gasteiger partial charge in [-0.3, -0.25) is 14.2 Å². The molecule has 0 bridgehead atoms. The number of benzene rings is 1. The second-order valence-electron chi connectivity index (χ2n) is 6.17. The van der Waals surface area contributed by atoms with E-state index in [1.807, 2.05) is 0 Å². The summed E-state index contributed by atoms with van der Waals surface area (Å²) in [5.41, 5.74) is 0.574. The number of ether oxygens (including phenoxy) is 1. The van der Waals surface area contributed by atoms with Gasteiger partial charge in [0.1, 0.15) is 6.54 Å². The van der Waals surface area contributed by atoms with Gasteiger partial charge in [0.05, 0.1) is 28.3 Å². The third-order valence-corrected chi connectivity index (χ3v) is 7.63. The molecule has 0 N–H and O–H groups in total. The lowest BCUT2D eigenvalue weighted by Gasteiger charge is -2.26. The van der Waals surface area contributed by atoms with E-state index < -0.39 is 10.0 Å². The number of morpholine rings is 1. The van der Waals surface area contributed by atoms with Crippen molar-refractivity contribution in [3.8, 4) is 0 Å². The highest BCUT2D eigenvalue weighted by Crippen LogP contribution is 2.24. The highest BCUT2D eigenvalue weighted by atomic mass is 32.2. The molecule has 148 valence electrons. The van der Waals surface area contributed by atoms with Crippen LogP contribution in [-0.4, -0.2) is 67.5 Å². The first-order chi connectivity index (χ1) is 12.9. The maximum Gasteiger partial charge on any atom is 0.308 e. The normalized spacial score (nSPS) is 15.6. The average Bonchev–Trinajstić information content (AvgIpc) is 2.97. The summed E-state index contributed by atoms with van der Waals surface area (Å²) in [5, 5.41) is 0. The van der Waals surface area contributed by atoms with Gasteiger partial charge in [-0.25, -0.2) is 8.42 Å². The quantitative estimate of drug-likeness (QED) is 0.704. The summed E-state index contributed by atoms with van der Waals surface area (Å²) in [6.45, 7) is 6.29. The number of hydrogen-bond donors (Lipinski definition) is 0. The lowest BCUT2D eigenvalue weighted by Crippen LogP contribution is -2.43. The third-order valence-electron chi connectivity index (χ3n) is 4.64. The van der Waals surface area contributed by atoms with Crippen LogP contribution in [0.15, 0.2) is 27.9 Å². The largest absolute Gasteiger partial charge is 0.378 e. The number of amides is 1. The zero-order chi connectivity index (χ0) is 19.6. The summed E-state index contributed by atoms with van der Waals surface area (Å²) in [4.78, 5) is 26.4. The van der Waals surface area contributed by atoms with E-state index in [-0.39, 0.29) is 22.2 Å². The molecule has 1 saturated heterocycles. The van der Waals surface area contributed by atoms with E-state index in [4.69, 9.17) is 4.74 Å². The zero-order valence-electron chi connectivity index (χ0n) is 15.4. The van der Waals surface area contributed by atoms with Crippen molar-refractivity contribution in [2.45, 2.75) is 25.3 Å². The first-order valence-electron chi connectivity index (χ1n) is 8.87. The molecule has 1 aliphatic rings. The number of thiazole rings is 1. The molecule has 10 heteroatoms. The van der Waals surface area contributed by atoms with E-state index in [1.54, 1.807) is 24.8 Å². The summed E-state index contributed by atoms with van der Waals surface area (Å²) in [6, 6.07) is 4.62. The van der Waals surface area contributed by atoms with Crippen LogP contribution in [0.25, 0.3) is 10.2 Å². The van der Waals surface area contributed by atoms with Crippen molar-refractivity contribution < 1.29 is 17.9 Å². The summed E-state index contributed by atoms with van der Waals surface area (Å²) in [6.07, 6.45) is 0. The molecule has 0 atom stereocenters. The van der Waals surface area contributed by atoms with Crippen molar-refractivity contribution >= 4 is 37.5 Å². The Balaban J connectivity index is 1.92. The van der Waals surface area contributed by atoms with Gasteiger partial charge >= 0.3 is 4.87 Å². The van der Waals surface area contributed by atoms with Crippen LogP contribution in [0.5, 0.6) is 0 Å². The fourth-order valence-corrected chi connectivity index (χ4v) is 5.61. The SMILES string of the molecule is CCN(CC)S(=O)(=O)c1ccc2c(c1)sc(=O)n2CC(=O)N1CCOCC1. The Labute approximate surface area is 162 Å². The molecule has 0 unspecified atom stereocenters. The zero-order valence-corrected chi connectivity index (χ0v) is 17.0. The summed E-state index contributed by atoms with van der Waals surface area (Å²) >= 11 is 0.954. The van der Waals surface area contributed by atoms with E-state index in [9.17, 15) is 18.0 Å². The van der Waals surface area contributed by atoms with Gasteiger partial charge in [0.2, 0.25) is 15.9 Å². The number of hydrogen-bond acceptors (Lipinski definition) is 6. The van der Waals surface area contributed by atoms with Crippen LogP contribution in [0.4, 0.5) is 0 Å². The molecule has 1 aliphatic heterocycles. The molecular weight excluding hydrogens is 390 g/mol. The fourth-order valence-electron chi connectivity index (χ4n) is 3.12. The molecule has 8 nitrogen and oxygen atoms in total. The van der Waals surface area contributed by atoms with Gasteiger partial charge in [-0.05, 0) is 18.2 Å². The molecule has 1 amide bonds. The summed E-state index contributed by atoms with van der Waals surface area (Å²) in [5.74, 6) is -0.139. The van der Waals surface area contributed by atoms with Gasteiger partial charge in [0, 0.05) is 26.2 Å². The minimum absolute atomic E-state index is 0.0546. The maximum atomic E-state index is 12.7. The molecule has 2 aromatic rings. The first kappa shape index (κ1) is 20.0. The molecule has 3 rings (SSSR count). The van der Waals surface area contributed by atoms with E-state index in [0.717, 1.165) is 11.3 Å². The van der Waals surface area contributed by atoms with Crippen LogP contribution >= 0.6 is 11.3 Å². The molecule has 27 heavy (non-hydrogen) atoms. The highest BCUT2D eigenvalue weighted by Gasteiger charge is 2.24. The van der Waals surface area contributed by atoms with Crippen LogP contribution in [0.1, 0.15) is 13.8 Å². The smallest absolute Gasteiger partial charge is 0.308 e. The number of fused-ring (bicyclic) bond motifs is 1. The van der Waals surface area contributed by atoms with Crippen molar-refractivity contribution in [1.82, 2.24) is 13.8 Å². The lowest BCUT2D eigenvalue weighted by molar-refractivity contribution is -0.135. The Hall–Kier alpha value is -1.75. The van der Waals surface area contributed by atoms with Gasteiger partial charge in [0.25, 0.3) is 0 Å². The molecule has 0 aliphatic carbocycles. The Morgan fingerprint density at radius 2 is 1.89 bits per heavy atom. The molecule has 1 aromatic carbocycles. The van der Waals surface area contributed by atoms with E-state index in [1.165, 1.54) is 21.0 Å². The second kappa shape index (κ2) is 8.09. The van der Waals surface area contributed by atoms with Gasteiger partial charge in [-0.15, -0.1) is 0 Å². The van der Waals surface area contributed by atoms with Crippen LogP contribution in [0.2, 0.25) is 0 Å². The van der Waals surface area contributed by atoms with Gasteiger partial charge < -0.3 is 9.64 Å². The molecular formula is C17H23N3O5S2. The second-order valence-corrected chi connectivity index (χ2v) is 9.10. The molecule has 0 saturated carbocycles. The number of carbonyl (C=O) groups excluding carboxylic acids is 1. The highest BCUT2D eigenvalue weighted by molar-refractivity contribution is 7.89. The number of rotatable bonds is 6. The fraction of sp³-hybridized carbons (Fsp3) is 0.529. The minimum atomic E-state index is -3.60. The predicted octanol–water partition coefficient (Wildman–Crippen LogP) is 0.952. The number of carbonyl (C=O) groups is 1. The monoisotopic (exact) mass is 413 g/mol. The van der Waals surface area contributed by atoms with Crippen molar-refractivity contribution in [2.24, 2.45) is 0 Å². The Kier molecular flexibility index (Phi) is 5.99. The van der Waals surface area contributed by atoms with Gasteiger partial charge in [-0.1, -0.05) is 25.2 Å². The summed E-state index contributed by atoms with van der Waals surface area (Å²) in [7, 11) is -3.60. The predicted molar refractivity (Wildman–Crippen MR) is 104 cm³/mol. The van der Waals surface area contributed by atoms with E-state index in [0.29, 0.717) is 49.6 Å². The molecule has 1 aromatic heterocycles. The topological polar surface area (TPSA) is 88.9 Å². The Morgan fingerprint density at radius 1 is 1.22 bits per heavy atom. The van der Waals surface area contributed by atoms with E-state index in [2.05, 4.69) is 0 Å². The van der Waals surface area contributed by atoms with Crippen LogP contribution in [0.3, 0.4) is 0 Å². The maximum absolute atomic E-state index is 12.7. The molecule has 1 fully saturated rings. The Bertz CT molecular complexity index is 986. The minimum Gasteiger partial charge on any atom is -0.378 e. The number of aromatic nitrogens is 1. The van der Waals surface area contributed by atoms with Gasteiger partial charge in [0.15, 0.2) is 0 Å². The average molecular weight is 414 g/mol. The van der Waals surface area contributed by atoms with E-state index >= 15 is 0 Å². The van der Waals surface area contributed by atoms with Crippen LogP contribution in [-0.2, 0) is 26.1 Å². The van der Waals surface area contributed by atoms with Crippen molar-refractivity contribution in [2.75, 3.05) is 39.4 Å². The van der Waals surface area contributed by atoms with Crippen molar-refractivity contribution in [3.63, 3.8) is 0 Å². The first-order valence-corrected chi connectivity index (χ1v) is 11.1. The number of sulfonamides is 1. The molecule has 0 radical (unpaired) electrons. The van der Waals surface area contributed by atoms with Gasteiger partial charge in [-0.2, -0.15) is 4.31 Å². The number of nitrogens with zero attached hydrogens (tertiary/aromatic N) is 3.